The molecule has 0 aliphatic rings. The topological polar surface area (TPSA) is 25.8 Å². The van der Waals surface area contributed by atoms with E-state index in [2.05, 4.69) is 56.2 Å². The van der Waals surface area contributed by atoms with E-state index >= 15 is 0 Å². The summed E-state index contributed by atoms with van der Waals surface area (Å²) in [6.07, 6.45) is 3.79. The highest BCUT2D eigenvalue weighted by molar-refractivity contribution is 9.10. The van der Waals surface area contributed by atoms with Crippen molar-refractivity contribution in [2.45, 2.75) is 0 Å². The van der Waals surface area contributed by atoms with E-state index in [0.29, 0.717) is 0 Å². The van der Waals surface area contributed by atoms with Gasteiger partial charge in [-0.05, 0) is 35.9 Å². The van der Waals surface area contributed by atoms with Gasteiger partial charge in [0.2, 0.25) is 0 Å². The standard InChI is InChI=1S/C20H13BrN2/c21-18-8-5-14(6-9-18)16-7-10-20(22-12-16)17-11-15-3-1-2-4-19(15)23-13-17/h1-13H. The molecule has 0 saturated heterocycles. The number of pyridine rings is 2. The van der Waals surface area contributed by atoms with Crippen LogP contribution < -0.4 is 0 Å². The zero-order valence-electron chi connectivity index (χ0n) is 12.3. The Morgan fingerprint density at radius 3 is 2.17 bits per heavy atom. The maximum absolute atomic E-state index is 4.60. The number of nitrogens with zero attached hydrogens (tertiary/aromatic N) is 2. The van der Waals surface area contributed by atoms with Gasteiger partial charge < -0.3 is 0 Å². The van der Waals surface area contributed by atoms with E-state index in [1.807, 2.05) is 48.8 Å². The maximum Gasteiger partial charge on any atom is 0.0718 e. The number of para-hydroxylation sites is 1. The molecule has 0 bridgehead atoms. The average Bonchev–Trinajstić information content (AvgIpc) is 2.62. The number of aromatic nitrogens is 2. The second kappa shape index (κ2) is 5.94. The zero-order chi connectivity index (χ0) is 15.6. The summed E-state index contributed by atoms with van der Waals surface area (Å²) in [5.41, 5.74) is 5.23. The van der Waals surface area contributed by atoms with Gasteiger partial charge in [-0.25, -0.2) is 0 Å². The molecule has 0 amide bonds. The Bertz CT molecular complexity index is 961. The van der Waals surface area contributed by atoms with Gasteiger partial charge in [-0.2, -0.15) is 0 Å². The quantitative estimate of drug-likeness (QED) is 0.456. The maximum atomic E-state index is 4.60. The van der Waals surface area contributed by atoms with Crippen LogP contribution in [0.2, 0.25) is 0 Å². The molecule has 0 spiro atoms. The van der Waals surface area contributed by atoms with Crippen LogP contribution in [0.1, 0.15) is 0 Å². The minimum atomic E-state index is 0.934. The molecule has 4 rings (SSSR count). The first kappa shape index (κ1) is 14.1. The van der Waals surface area contributed by atoms with Crippen LogP contribution in [0.15, 0.2) is 83.6 Å². The minimum Gasteiger partial charge on any atom is -0.256 e. The summed E-state index contributed by atoms with van der Waals surface area (Å²) in [7, 11) is 0. The molecule has 4 aromatic rings. The van der Waals surface area contributed by atoms with Crippen LogP contribution in [-0.4, -0.2) is 9.97 Å². The molecule has 2 nitrogen and oxygen atoms in total. The van der Waals surface area contributed by atoms with Crippen molar-refractivity contribution in [2.24, 2.45) is 0 Å². The molecule has 3 heteroatoms. The highest BCUT2D eigenvalue weighted by Crippen LogP contribution is 2.25. The van der Waals surface area contributed by atoms with E-state index in [9.17, 15) is 0 Å². The van der Waals surface area contributed by atoms with Gasteiger partial charge >= 0.3 is 0 Å². The van der Waals surface area contributed by atoms with Crippen LogP contribution in [0, 0.1) is 0 Å². The second-order valence-corrected chi connectivity index (χ2v) is 6.27. The van der Waals surface area contributed by atoms with Crippen LogP contribution in [0.5, 0.6) is 0 Å². The van der Waals surface area contributed by atoms with Crippen molar-refractivity contribution in [3.63, 3.8) is 0 Å². The lowest BCUT2D eigenvalue weighted by Gasteiger charge is -2.05. The summed E-state index contributed by atoms with van der Waals surface area (Å²) in [5.74, 6) is 0. The summed E-state index contributed by atoms with van der Waals surface area (Å²) >= 11 is 3.46. The predicted octanol–water partition coefficient (Wildman–Crippen LogP) is 5.73. The van der Waals surface area contributed by atoms with Gasteiger partial charge in [0.25, 0.3) is 0 Å². The Morgan fingerprint density at radius 2 is 1.39 bits per heavy atom. The highest BCUT2D eigenvalue weighted by Gasteiger charge is 2.04. The van der Waals surface area contributed by atoms with Gasteiger partial charge in [-0.1, -0.05) is 52.3 Å². The van der Waals surface area contributed by atoms with Crippen LogP contribution >= 0.6 is 15.9 Å². The van der Waals surface area contributed by atoms with Crippen LogP contribution in [0.3, 0.4) is 0 Å². The van der Waals surface area contributed by atoms with Crippen LogP contribution in [0.25, 0.3) is 33.3 Å². The fraction of sp³-hybridized carbons (Fsp3) is 0. The van der Waals surface area contributed by atoms with Gasteiger partial charge in [0, 0.05) is 33.4 Å². The van der Waals surface area contributed by atoms with E-state index in [1.165, 1.54) is 0 Å². The lowest BCUT2D eigenvalue weighted by Crippen LogP contribution is -1.87. The van der Waals surface area contributed by atoms with Crippen LogP contribution in [0.4, 0.5) is 0 Å². The van der Waals surface area contributed by atoms with Gasteiger partial charge in [0.1, 0.15) is 0 Å². The molecule has 2 heterocycles. The summed E-state index contributed by atoms with van der Waals surface area (Å²) in [6, 6.07) is 22.6. The summed E-state index contributed by atoms with van der Waals surface area (Å²) < 4.78 is 1.08. The van der Waals surface area contributed by atoms with Gasteiger partial charge in [-0.3, -0.25) is 9.97 Å². The fourth-order valence-electron chi connectivity index (χ4n) is 2.59. The summed E-state index contributed by atoms with van der Waals surface area (Å²) in [4.78, 5) is 9.11. The Hall–Kier alpha value is -2.52. The van der Waals surface area contributed by atoms with Gasteiger partial charge in [0.05, 0.1) is 11.2 Å². The first-order valence-electron chi connectivity index (χ1n) is 7.37. The number of benzene rings is 2. The largest absolute Gasteiger partial charge is 0.256 e. The molecule has 0 saturated carbocycles. The third-order valence-electron chi connectivity index (χ3n) is 3.83. The molecule has 110 valence electrons. The number of hydrogen-bond donors (Lipinski definition) is 0. The van der Waals surface area contributed by atoms with Crippen molar-refractivity contribution in [1.29, 1.82) is 0 Å². The molecule has 0 fully saturated rings. The number of hydrogen-bond acceptors (Lipinski definition) is 2. The fourth-order valence-corrected chi connectivity index (χ4v) is 2.85. The molecule has 0 aliphatic heterocycles. The molecule has 2 aromatic heterocycles. The number of rotatable bonds is 2. The molecular weight excluding hydrogens is 348 g/mol. The smallest absolute Gasteiger partial charge is 0.0718 e. The van der Waals surface area contributed by atoms with Gasteiger partial charge in [-0.15, -0.1) is 0 Å². The first-order chi connectivity index (χ1) is 11.3. The monoisotopic (exact) mass is 360 g/mol. The predicted molar refractivity (Wildman–Crippen MR) is 98.1 cm³/mol. The lowest BCUT2D eigenvalue weighted by molar-refractivity contribution is 1.31. The van der Waals surface area contributed by atoms with Crippen LogP contribution in [-0.2, 0) is 0 Å². The summed E-state index contributed by atoms with van der Waals surface area (Å²) in [6.45, 7) is 0. The van der Waals surface area contributed by atoms with E-state index in [-0.39, 0.29) is 0 Å². The second-order valence-electron chi connectivity index (χ2n) is 5.36. The molecule has 0 unspecified atom stereocenters. The van der Waals surface area contributed by atoms with E-state index < -0.39 is 0 Å². The normalized spacial score (nSPS) is 10.8. The van der Waals surface area contributed by atoms with E-state index in [0.717, 1.165) is 37.8 Å². The highest BCUT2D eigenvalue weighted by atomic mass is 79.9. The Labute approximate surface area is 143 Å². The van der Waals surface area contributed by atoms with Crippen molar-refractivity contribution in [3.8, 4) is 22.4 Å². The van der Waals surface area contributed by atoms with E-state index in [1.54, 1.807) is 0 Å². The Kier molecular flexibility index (Phi) is 3.64. The van der Waals surface area contributed by atoms with Gasteiger partial charge in [0.15, 0.2) is 0 Å². The Morgan fingerprint density at radius 1 is 0.652 bits per heavy atom. The molecule has 23 heavy (non-hydrogen) atoms. The van der Waals surface area contributed by atoms with E-state index in [4.69, 9.17) is 0 Å². The first-order valence-corrected chi connectivity index (χ1v) is 8.16. The molecule has 2 aromatic carbocycles. The lowest BCUT2D eigenvalue weighted by atomic mass is 10.1. The third kappa shape index (κ3) is 2.88. The molecular formula is C20H13BrN2. The minimum absolute atomic E-state index is 0.934. The van der Waals surface area contributed by atoms with Crippen molar-refractivity contribution >= 4 is 26.8 Å². The molecule has 0 aliphatic carbocycles. The number of fused-ring (bicyclic) bond motifs is 1. The summed E-state index contributed by atoms with van der Waals surface area (Å²) in [5, 5.41) is 1.13. The average molecular weight is 361 g/mol. The Balaban J connectivity index is 1.70. The molecule has 0 atom stereocenters. The van der Waals surface area contributed by atoms with Crippen molar-refractivity contribution < 1.29 is 0 Å². The van der Waals surface area contributed by atoms with Crippen molar-refractivity contribution in [2.75, 3.05) is 0 Å². The third-order valence-corrected chi connectivity index (χ3v) is 4.36. The SMILES string of the molecule is Brc1ccc(-c2ccc(-c3cnc4ccccc4c3)nc2)cc1. The molecule has 0 radical (unpaired) electrons. The van der Waals surface area contributed by atoms with Crippen molar-refractivity contribution in [3.05, 3.63) is 83.6 Å². The zero-order valence-corrected chi connectivity index (χ0v) is 13.9. The molecule has 0 N–H and O–H groups in total. The van der Waals surface area contributed by atoms with Crippen molar-refractivity contribution in [1.82, 2.24) is 9.97 Å². The number of halogens is 1.